The van der Waals surface area contributed by atoms with Crippen LogP contribution < -0.4 is 10.6 Å². The fourth-order valence-electron chi connectivity index (χ4n) is 1.75. The van der Waals surface area contributed by atoms with Gasteiger partial charge in [0, 0.05) is 40.7 Å². The Hall–Kier alpha value is -2.11. The van der Waals surface area contributed by atoms with E-state index in [0.717, 1.165) is 5.56 Å². The molecule has 0 bridgehead atoms. The molecular weight excluding hydrogens is 271 g/mol. The van der Waals surface area contributed by atoms with Gasteiger partial charge in [0.2, 0.25) is 5.91 Å². The summed E-state index contributed by atoms with van der Waals surface area (Å²) >= 11 is 0. The fourth-order valence-corrected chi connectivity index (χ4v) is 1.75. The van der Waals surface area contributed by atoms with Gasteiger partial charge in [-0.15, -0.1) is 0 Å². The van der Waals surface area contributed by atoms with E-state index < -0.39 is 0 Å². The first-order valence-corrected chi connectivity index (χ1v) is 6.92. The Balaban J connectivity index is 2.27. The molecule has 1 aromatic rings. The average molecular weight is 294 g/mol. The molecule has 0 heterocycles. The number of guanidine groups is 1. The summed E-state index contributed by atoms with van der Waals surface area (Å²) in [6.07, 6.45) is 1.12. The Labute approximate surface area is 125 Å². The van der Waals surface area contributed by atoms with Crippen LogP contribution in [-0.2, 0) is 11.2 Å². The van der Waals surface area contributed by atoms with E-state index in [1.165, 1.54) is 12.1 Å². The Morgan fingerprint density at radius 1 is 1.29 bits per heavy atom. The van der Waals surface area contributed by atoms with Gasteiger partial charge in [-0.25, -0.2) is 4.39 Å². The first-order chi connectivity index (χ1) is 10.0. The van der Waals surface area contributed by atoms with E-state index in [-0.39, 0.29) is 11.7 Å². The second kappa shape index (κ2) is 8.94. The number of benzene rings is 1. The van der Waals surface area contributed by atoms with Crippen LogP contribution >= 0.6 is 0 Å². The van der Waals surface area contributed by atoms with Crippen molar-refractivity contribution in [1.82, 2.24) is 15.5 Å². The molecule has 2 N–H and O–H groups in total. The highest BCUT2D eigenvalue weighted by Gasteiger charge is 2.04. The van der Waals surface area contributed by atoms with E-state index in [9.17, 15) is 9.18 Å². The number of rotatable bonds is 6. The van der Waals surface area contributed by atoms with Gasteiger partial charge in [-0.3, -0.25) is 9.79 Å². The van der Waals surface area contributed by atoms with Crippen molar-refractivity contribution >= 4 is 11.9 Å². The van der Waals surface area contributed by atoms with Crippen molar-refractivity contribution in [2.24, 2.45) is 4.99 Å². The first-order valence-electron chi connectivity index (χ1n) is 6.92. The molecule has 0 atom stereocenters. The van der Waals surface area contributed by atoms with Crippen LogP contribution in [0.25, 0.3) is 0 Å². The lowest BCUT2D eigenvalue weighted by atomic mass is 10.1. The topological polar surface area (TPSA) is 56.7 Å². The zero-order chi connectivity index (χ0) is 15.7. The van der Waals surface area contributed by atoms with Crippen LogP contribution in [0.1, 0.15) is 12.0 Å². The van der Waals surface area contributed by atoms with E-state index in [4.69, 9.17) is 0 Å². The zero-order valence-electron chi connectivity index (χ0n) is 12.8. The van der Waals surface area contributed by atoms with E-state index in [2.05, 4.69) is 15.6 Å². The molecule has 0 radical (unpaired) electrons. The maximum atomic E-state index is 13.0. The molecule has 1 amide bonds. The lowest BCUT2D eigenvalue weighted by Crippen LogP contribution is -2.40. The Morgan fingerprint density at radius 2 is 2.00 bits per heavy atom. The van der Waals surface area contributed by atoms with Gasteiger partial charge >= 0.3 is 0 Å². The van der Waals surface area contributed by atoms with Crippen molar-refractivity contribution in [2.45, 2.75) is 12.8 Å². The summed E-state index contributed by atoms with van der Waals surface area (Å²) in [5.74, 6) is 0.480. The maximum absolute atomic E-state index is 13.0. The van der Waals surface area contributed by atoms with Gasteiger partial charge < -0.3 is 15.5 Å². The van der Waals surface area contributed by atoms with E-state index in [1.807, 2.05) is 6.07 Å². The lowest BCUT2D eigenvalue weighted by molar-refractivity contribution is -0.128. The van der Waals surface area contributed by atoms with Crippen LogP contribution in [0.15, 0.2) is 29.3 Å². The van der Waals surface area contributed by atoms with Crippen molar-refractivity contribution < 1.29 is 9.18 Å². The highest BCUT2D eigenvalue weighted by molar-refractivity contribution is 5.81. The summed E-state index contributed by atoms with van der Waals surface area (Å²) in [5.41, 5.74) is 0.931. The minimum atomic E-state index is -0.225. The third-order valence-electron chi connectivity index (χ3n) is 2.95. The molecule has 1 rings (SSSR count). The van der Waals surface area contributed by atoms with E-state index >= 15 is 0 Å². The number of carbonyl (C=O) groups is 1. The Morgan fingerprint density at radius 3 is 2.62 bits per heavy atom. The molecule has 0 aliphatic heterocycles. The van der Waals surface area contributed by atoms with Gasteiger partial charge in [0.1, 0.15) is 5.82 Å². The third kappa shape index (κ3) is 6.74. The molecule has 0 fully saturated rings. The second-order valence-corrected chi connectivity index (χ2v) is 4.84. The highest BCUT2D eigenvalue weighted by atomic mass is 19.1. The molecule has 0 unspecified atom stereocenters. The van der Waals surface area contributed by atoms with Gasteiger partial charge in [-0.05, 0) is 24.1 Å². The molecular formula is C15H23FN4O. The van der Waals surface area contributed by atoms with Crippen LogP contribution in [0.2, 0.25) is 0 Å². The molecule has 0 aliphatic rings. The van der Waals surface area contributed by atoms with Crippen molar-refractivity contribution in [3.63, 3.8) is 0 Å². The SMILES string of the molecule is CN=C(NCCC(=O)N(C)C)NCCc1cccc(F)c1. The molecule has 0 spiro atoms. The number of hydrogen-bond acceptors (Lipinski definition) is 2. The molecule has 0 aliphatic carbocycles. The lowest BCUT2D eigenvalue weighted by Gasteiger charge is -2.13. The predicted octanol–water partition coefficient (Wildman–Crippen LogP) is 1.01. The zero-order valence-corrected chi connectivity index (χ0v) is 12.8. The molecule has 5 nitrogen and oxygen atoms in total. The smallest absolute Gasteiger partial charge is 0.223 e. The van der Waals surface area contributed by atoms with Crippen LogP contribution in [0, 0.1) is 5.82 Å². The average Bonchev–Trinajstić information content (AvgIpc) is 2.45. The van der Waals surface area contributed by atoms with Crippen LogP contribution in [-0.4, -0.2) is 51.0 Å². The van der Waals surface area contributed by atoms with E-state index in [1.54, 1.807) is 32.1 Å². The molecule has 0 aromatic heterocycles. The molecule has 0 saturated heterocycles. The van der Waals surface area contributed by atoms with Crippen molar-refractivity contribution in [3.8, 4) is 0 Å². The minimum Gasteiger partial charge on any atom is -0.356 e. The van der Waals surface area contributed by atoms with Gasteiger partial charge in [0.15, 0.2) is 5.96 Å². The van der Waals surface area contributed by atoms with Gasteiger partial charge in [0.05, 0.1) is 0 Å². The summed E-state index contributed by atoms with van der Waals surface area (Å²) in [7, 11) is 5.13. The van der Waals surface area contributed by atoms with Gasteiger partial charge in [-0.1, -0.05) is 12.1 Å². The normalized spacial score (nSPS) is 11.1. The van der Waals surface area contributed by atoms with Gasteiger partial charge in [-0.2, -0.15) is 0 Å². The number of aliphatic imine (C=N–C) groups is 1. The fraction of sp³-hybridized carbons (Fsp3) is 0.467. The molecule has 0 saturated carbocycles. The summed E-state index contributed by atoms with van der Waals surface area (Å²) in [4.78, 5) is 17.1. The number of carbonyl (C=O) groups excluding carboxylic acids is 1. The molecule has 21 heavy (non-hydrogen) atoms. The summed E-state index contributed by atoms with van der Waals surface area (Å²) in [6, 6.07) is 6.54. The number of amides is 1. The van der Waals surface area contributed by atoms with Gasteiger partial charge in [0.25, 0.3) is 0 Å². The first kappa shape index (κ1) is 16.9. The standard InChI is InChI=1S/C15H23FN4O/c1-17-15(19-10-8-14(21)20(2)3)18-9-7-12-5-4-6-13(16)11-12/h4-6,11H,7-10H2,1-3H3,(H2,17,18,19). The predicted molar refractivity (Wildman–Crippen MR) is 82.8 cm³/mol. The Kier molecular flexibility index (Phi) is 7.21. The molecule has 6 heteroatoms. The van der Waals surface area contributed by atoms with E-state index in [0.29, 0.717) is 31.9 Å². The monoisotopic (exact) mass is 294 g/mol. The summed E-state index contributed by atoms with van der Waals surface area (Å²) in [6.45, 7) is 1.17. The number of nitrogens with one attached hydrogen (secondary N) is 2. The largest absolute Gasteiger partial charge is 0.356 e. The second-order valence-electron chi connectivity index (χ2n) is 4.84. The number of halogens is 1. The van der Waals surface area contributed by atoms with Crippen LogP contribution in [0.4, 0.5) is 4.39 Å². The van der Waals surface area contributed by atoms with Crippen molar-refractivity contribution in [3.05, 3.63) is 35.6 Å². The third-order valence-corrected chi connectivity index (χ3v) is 2.95. The molecule has 116 valence electrons. The highest BCUT2D eigenvalue weighted by Crippen LogP contribution is 2.03. The Bertz CT molecular complexity index is 488. The number of nitrogens with zero attached hydrogens (tertiary/aromatic N) is 2. The minimum absolute atomic E-state index is 0.0673. The van der Waals surface area contributed by atoms with Crippen molar-refractivity contribution in [2.75, 3.05) is 34.2 Å². The van der Waals surface area contributed by atoms with Crippen LogP contribution in [0.3, 0.4) is 0 Å². The molecule has 1 aromatic carbocycles. The summed E-state index contributed by atoms with van der Waals surface area (Å²) < 4.78 is 13.0. The van der Waals surface area contributed by atoms with Crippen LogP contribution in [0.5, 0.6) is 0 Å². The van der Waals surface area contributed by atoms with Crippen molar-refractivity contribution in [1.29, 1.82) is 0 Å². The maximum Gasteiger partial charge on any atom is 0.223 e. The quantitative estimate of drug-likeness (QED) is 0.608. The summed E-state index contributed by atoms with van der Waals surface area (Å²) in [5, 5.41) is 6.20. The number of hydrogen-bond donors (Lipinski definition) is 2.